The monoisotopic (exact) mass is 351 g/mol. The largest absolute Gasteiger partial charge is 0.345 e. The Morgan fingerprint density at radius 2 is 2.36 bits per heavy atom. The SMILES string of the molecule is CSCn1cc(C(=O)NCc2csc(-c3cccs3)n2)nn1. The summed E-state index contributed by atoms with van der Waals surface area (Å²) >= 11 is 4.85. The van der Waals surface area contributed by atoms with E-state index in [1.54, 1.807) is 45.3 Å². The highest BCUT2D eigenvalue weighted by atomic mass is 32.2. The first-order valence-electron chi connectivity index (χ1n) is 6.42. The third-order valence-electron chi connectivity index (χ3n) is 2.75. The fraction of sp³-hybridized carbons (Fsp3) is 0.231. The van der Waals surface area contributed by atoms with Gasteiger partial charge in [0.2, 0.25) is 0 Å². The lowest BCUT2D eigenvalue weighted by molar-refractivity contribution is 0.0945. The number of thiophene rings is 1. The molecule has 3 aromatic rings. The van der Waals surface area contributed by atoms with Crippen LogP contribution in [0, 0.1) is 0 Å². The predicted octanol–water partition coefficient (Wildman–Crippen LogP) is 2.71. The third-order valence-corrected chi connectivity index (χ3v) is 5.20. The summed E-state index contributed by atoms with van der Waals surface area (Å²) in [6.07, 6.45) is 3.61. The molecule has 3 aromatic heterocycles. The molecule has 0 saturated carbocycles. The molecule has 3 rings (SSSR count). The topological polar surface area (TPSA) is 72.7 Å². The number of carbonyl (C=O) groups excluding carboxylic acids is 1. The zero-order valence-electron chi connectivity index (χ0n) is 11.7. The minimum atomic E-state index is -0.238. The molecule has 0 radical (unpaired) electrons. The van der Waals surface area contributed by atoms with Crippen LogP contribution in [-0.4, -0.2) is 32.1 Å². The number of carbonyl (C=O) groups is 1. The molecule has 114 valence electrons. The Balaban J connectivity index is 1.58. The molecule has 0 bridgehead atoms. The molecule has 22 heavy (non-hydrogen) atoms. The molecule has 6 nitrogen and oxygen atoms in total. The van der Waals surface area contributed by atoms with Gasteiger partial charge < -0.3 is 5.32 Å². The van der Waals surface area contributed by atoms with Gasteiger partial charge in [0.25, 0.3) is 5.91 Å². The second-order valence-corrected chi connectivity index (χ2v) is 7.01. The van der Waals surface area contributed by atoms with E-state index in [4.69, 9.17) is 0 Å². The zero-order chi connectivity index (χ0) is 15.4. The molecule has 9 heteroatoms. The quantitative estimate of drug-likeness (QED) is 0.739. The number of nitrogens with zero attached hydrogens (tertiary/aromatic N) is 4. The summed E-state index contributed by atoms with van der Waals surface area (Å²) in [5, 5.41) is 15.5. The first-order valence-corrected chi connectivity index (χ1v) is 9.57. The fourth-order valence-corrected chi connectivity index (χ4v) is 3.79. The summed E-state index contributed by atoms with van der Waals surface area (Å²) in [6, 6.07) is 4.04. The van der Waals surface area contributed by atoms with Gasteiger partial charge in [0.15, 0.2) is 5.69 Å². The van der Waals surface area contributed by atoms with Crippen molar-refractivity contribution >= 4 is 40.3 Å². The van der Waals surface area contributed by atoms with Crippen molar-refractivity contribution in [1.82, 2.24) is 25.3 Å². The van der Waals surface area contributed by atoms with Gasteiger partial charge in [-0.15, -0.1) is 39.5 Å². The highest BCUT2D eigenvalue weighted by Gasteiger charge is 2.12. The second kappa shape index (κ2) is 7.03. The molecule has 0 aliphatic carbocycles. The van der Waals surface area contributed by atoms with E-state index in [-0.39, 0.29) is 5.91 Å². The van der Waals surface area contributed by atoms with Crippen molar-refractivity contribution in [3.63, 3.8) is 0 Å². The highest BCUT2D eigenvalue weighted by Crippen LogP contribution is 2.27. The normalized spacial score (nSPS) is 10.8. The Hall–Kier alpha value is -1.71. The maximum atomic E-state index is 12.0. The molecule has 0 fully saturated rings. The van der Waals surface area contributed by atoms with Crippen molar-refractivity contribution in [1.29, 1.82) is 0 Å². The lowest BCUT2D eigenvalue weighted by atomic mass is 10.4. The third kappa shape index (κ3) is 3.54. The van der Waals surface area contributed by atoms with Crippen LogP contribution in [0.5, 0.6) is 0 Å². The van der Waals surface area contributed by atoms with Gasteiger partial charge in [-0.1, -0.05) is 11.3 Å². The van der Waals surface area contributed by atoms with Crippen LogP contribution in [0.15, 0.2) is 29.1 Å². The summed E-state index contributed by atoms with van der Waals surface area (Å²) in [4.78, 5) is 17.7. The Bertz CT molecular complexity index is 749. The predicted molar refractivity (Wildman–Crippen MR) is 90.1 cm³/mol. The van der Waals surface area contributed by atoms with Gasteiger partial charge in [0, 0.05) is 5.38 Å². The number of thioether (sulfide) groups is 1. The van der Waals surface area contributed by atoms with Crippen LogP contribution >= 0.6 is 34.4 Å². The Morgan fingerprint density at radius 1 is 1.45 bits per heavy atom. The smallest absolute Gasteiger partial charge is 0.273 e. The molecule has 0 aromatic carbocycles. The van der Waals surface area contributed by atoms with Crippen molar-refractivity contribution in [2.45, 2.75) is 12.4 Å². The van der Waals surface area contributed by atoms with E-state index in [1.165, 1.54) is 0 Å². The van der Waals surface area contributed by atoms with Gasteiger partial charge in [0.05, 0.1) is 29.2 Å². The second-order valence-electron chi connectivity index (χ2n) is 4.36. The van der Waals surface area contributed by atoms with E-state index in [0.29, 0.717) is 18.1 Å². The number of nitrogens with one attached hydrogen (secondary N) is 1. The lowest BCUT2D eigenvalue weighted by Gasteiger charge is -1.99. The average Bonchev–Trinajstić information content (AvgIpc) is 3.25. The molecule has 1 amide bonds. The molecule has 0 aliphatic heterocycles. The van der Waals surface area contributed by atoms with Crippen LogP contribution in [0.3, 0.4) is 0 Å². The summed E-state index contributed by atoms with van der Waals surface area (Å²) in [5.41, 5.74) is 1.17. The molecule has 3 heterocycles. The summed E-state index contributed by atoms with van der Waals surface area (Å²) in [6.45, 7) is 0.385. The minimum absolute atomic E-state index is 0.238. The van der Waals surface area contributed by atoms with Gasteiger partial charge >= 0.3 is 0 Å². The van der Waals surface area contributed by atoms with E-state index in [2.05, 4.69) is 20.6 Å². The highest BCUT2D eigenvalue weighted by molar-refractivity contribution is 7.97. The summed E-state index contributed by atoms with van der Waals surface area (Å²) in [7, 11) is 0. The van der Waals surface area contributed by atoms with Crippen LogP contribution in [0.1, 0.15) is 16.2 Å². The molecular weight excluding hydrogens is 338 g/mol. The van der Waals surface area contributed by atoms with Gasteiger partial charge in [0.1, 0.15) is 5.01 Å². The molecule has 0 unspecified atom stereocenters. The summed E-state index contributed by atoms with van der Waals surface area (Å²) in [5.74, 6) is 0.439. The fourth-order valence-electron chi connectivity index (χ4n) is 1.76. The van der Waals surface area contributed by atoms with E-state index >= 15 is 0 Å². The molecule has 0 aliphatic rings. The van der Waals surface area contributed by atoms with Crippen LogP contribution in [0.4, 0.5) is 0 Å². The number of rotatable bonds is 6. The summed E-state index contributed by atoms with van der Waals surface area (Å²) < 4.78 is 1.64. The maximum Gasteiger partial charge on any atom is 0.273 e. The molecular formula is C13H13N5OS3. The molecule has 1 N–H and O–H groups in total. The van der Waals surface area contributed by atoms with E-state index in [9.17, 15) is 4.79 Å². The number of amides is 1. The van der Waals surface area contributed by atoms with Crippen molar-refractivity contribution in [3.05, 3.63) is 40.5 Å². The number of aromatic nitrogens is 4. The average molecular weight is 351 g/mol. The Labute approximate surface area is 139 Å². The van der Waals surface area contributed by atoms with Crippen LogP contribution in [0.2, 0.25) is 0 Å². The van der Waals surface area contributed by atoms with Gasteiger partial charge in [-0.2, -0.15) is 0 Å². The van der Waals surface area contributed by atoms with Crippen molar-refractivity contribution in [2.75, 3.05) is 6.26 Å². The van der Waals surface area contributed by atoms with Gasteiger partial charge in [-0.25, -0.2) is 9.67 Å². The molecule has 0 saturated heterocycles. The Morgan fingerprint density at radius 3 is 3.14 bits per heavy atom. The minimum Gasteiger partial charge on any atom is -0.345 e. The molecule has 0 atom stereocenters. The first kappa shape index (κ1) is 15.2. The lowest BCUT2D eigenvalue weighted by Crippen LogP contribution is -2.23. The standard InChI is InChI=1S/C13H13N5OS3/c1-20-8-18-6-10(16-17-18)12(19)14-5-9-7-22-13(15-9)11-3-2-4-21-11/h2-4,6-7H,5,8H2,1H3,(H,14,19). The van der Waals surface area contributed by atoms with Crippen LogP contribution in [0.25, 0.3) is 9.88 Å². The maximum absolute atomic E-state index is 12.0. The first-order chi connectivity index (χ1) is 10.8. The van der Waals surface area contributed by atoms with Crippen molar-refractivity contribution < 1.29 is 4.79 Å². The van der Waals surface area contributed by atoms with Crippen molar-refractivity contribution in [3.8, 4) is 9.88 Å². The number of thiazole rings is 1. The molecule has 0 spiro atoms. The van der Waals surface area contributed by atoms with E-state index in [1.807, 2.05) is 29.1 Å². The van der Waals surface area contributed by atoms with Gasteiger partial charge in [-0.3, -0.25) is 4.79 Å². The zero-order valence-corrected chi connectivity index (χ0v) is 14.2. The Kier molecular flexibility index (Phi) is 4.86. The van der Waals surface area contributed by atoms with Crippen LogP contribution < -0.4 is 5.32 Å². The number of hydrogen-bond acceptors (Lipinski definition) is 7. The van der Waals surface area contributed by atoms with Crippen LogP contribution in [-0.2, 0) is 12.4 Å². The van der Waals surface area contributed by atoms with Crippen molar-refractivity contribution in [2.24, 2.45) is 0 Å². The number of hydrogen-bond donors (Lipinski definition) is 1. The van der Waals surface area contributed by atoms with Gasteiger partial charge in [-0.05, 0) is 17.7 Å². The van der Waals surface area contributed by atoms with E-state index in [0.717, 1.165) is 15.6 Å². The van der Waals surface area contributed by atoms with E-state index < -0.39 is 0 Å².